The molecule has 3 rings (SSSR count). The van der Waals surface area contributed by atoms with E-state index in [1.807, 2.05) is 31.2 Å². The molecule has 0 atom stereocenters. The fraction of sp³-hybridized carbons (Fsp3) is 0.333. The molecule has 2 aromatic carbocycles. The molecular formula is C21H24INO. The van der Waals surface area contributed by atoms with E-state index in [2.05, 4.69) is 51.5 Å². The smallest absolute Gasteiger partial charge is 0.209 e. The number of fused-ring (bicyclic) bond motifs is 1. The molecule has 0 saturated heterocycles. The maximum absolute atomic E-state index is 12.9. The highest BCUT2D eigenvalue weighted by molar-refractivity contribution is 6.09. The van der Waals surface area contributed by atoms with Crippen LogP contribution in [0.3, 0.4) is 0 Å². The summed E-state index contributed by atoms with van der Waals surface area (Å²) in [5.41, 5.74) is 7.59. The van der Waals surface area contributed by atoms with Gasteiger partial charge in [-0.3, -0.25) is 4.79 Å². The third kappa shape index (κ3) is 2.83. The average molecular weight is 433 g/mol. The molecule has 0 N–H and O–H groups in total. The van der Waals surface area contributed by atoms with Crippen molar-refractivity contribution in [2.24, 2.45) is 0 Å². The third-order valence-electron chi connectivity index (χ3n) is 5.47. The first-order valence-corrected chi connectivity index (χ1v) is 8.07. The molecule has 24 heavy (non-hydrogen) atoms. The highest BCUT2D eigenvalue weighted by atomic mass is 127. The van der Waals surface area contributed by atoms with Crippen LogP contribution in [0.15, 0.2) is 36.4 Å². The maximum atomic E-state index is 12.9. The van der Waals surface area contributed by atoms with Crippen molar-refractivity contribution in [2.75, 3.05) is 7.05 Å². The largest absolute Gasteiger partial charge is 1.00 e. The summed E-state index contributed by atoms with van der Waals surface area (Å²) >= 11 is 0. The van der Waals surface area contributed by atoms with Gasteiger partial charge in [0.1, 0.15) is 7.05 Å². The van der Waals surface area contributed by atoms with Gasteiger partial charge in [0, 0.05) is 29.7 Å². The molecule has 3 heteroatoms. The molecule has 0 bridgehead atoms. The lowest BCUT2D eigenvalue weighted by Crippen LogP contribution is -3.00. The Morgan fingerprint density at radius 2 is 1.50 bits per heavy atom. The first-order valence-electron chi connectivity index (χ1n) is 8.07. The molecule has 0 aromatic heterocycles. The summed E-state index contributed by atoms with van der Waals surface area (Å²) in [5, 5.41) is 0. The van der Waals surface area contributed by atoms with Gasteiger partial charge in [0.2, 0.25) is 5.69 Å². The number of hydrogen-bond acceptors (Lipinski definition) is 1. The number of benzene rings is 2. The number of nitrogens with zero attached hydrogens (tertiary/aromatic N) is 1. The summed E-state index contributed by atoms with van der Waals surface area (Å²) in [4.78, 5) is 12.9. The normalized spacial score (nSPS) is 15.1. The van der Waals surface area contributed by atoms with Crippen LogP contribution in [0.4, 0.5) is 5.69 Å². The lowest BCUT2D eigenvalue weighted by atomic mass is 9.81. The van der Waals surface area contributed by atoms with Gasteiger partial charge in [0.25, 0.3) is 0 Å². The van der Waals surface area contributed by atoms with Gasteiger partial charge < -0.3 is 24.0 Å². The van der Waals surface area contributed by atoms with Crippen LogP contribution >= 0.6 is 0 Å². The van der Waals surface area contributed by atoms with Gasteiger partial charge in [-0.05, 0) is 57.0 Å². The molecule has 0 unspecified atom stereocenters. The van der Waals surface area contributed by atoms with E-state index in [0.717, 1.165) is 16.7 Å². The molecule has 0 amide bonds. The molecule has 1 aliphatic heterocycles. The zero-order chi connectivity index (χ0) is 16.9. The molecular weight excluding hydrogens is 409 g/mol. The van der Waals surface area contributed by atoms with Crippen LogP contribution in [0.25, 0.3) is 0 Å². The zero-order valence-electron chi connectivity index (χ0n) is 15.2. The van der Waals surface area contributed by atoms with Crippen molar-refractivity contribution < 1.29 is 33.3 Å². The highest BCUT2D eigenvalue weighted by Crippen LogP contribution is 2.39. The van der Waals surface area contributed by atoms with E-state index in [1.54, 1.807) is 0 Å². The Kier molecular flexibility index (Phi) is 5.05. The standard InChI is InChI=1S/C21H24NO.HI/c1-13-7-8-16(11-14(13)2)20(23)17-9-10-19-18(12-17)21(4,5)15(3)22(19)6;/h7-12H,1-6H3;1H/q+1;/p-1. The Bertz CT molecular complexity index is 862. The molecule has 2 aromatic rings. The first kappa shape index (κ1) is 18.8. The van der Waals surface area contributed by atoms with Gasteiger partial charge in [0.05, 0.1) is 5.41 Å². The van der Waals surface area contributed by atoms with Gasteiger partial charge in [-0.2, -0.15) is 0 Å². The molecule has 2 nitrogen and oxygen atoms in total. The van der Waals surface area contributed by atoms with Crippen LogP contribution < -0.4 is 24.0 Å². The molecule has 0 spiro atoms. The third-order valence-corrected chi connectivity index (χ3v) is 5.47. The van der Waals surface area contributed by atoms with Crippen molar-refractivity contribution in [3.63, 3.8) is 0 Å². The second kappa shape index (κ2) is 6.43. The SMILES string of the molecule is CC1=[N+](C)c2ccc(C(=O)c3ccc(C)c(C)c3)cc2C1(C)C.[I-]. The molecule has 1 heterocycles. The minimum Gasteiger partial charge on any atom is -1.00 e. The van der Waals surface area contributed by atoms with Crippen LogP contribution in [0, 0.1) is 13.8 Å². The van der Waals surface area contributed by atoms with Gasteiger partial charge in [0.15, 0.2) is 11.5 Å². The van der Waals surface area contributed by atoms with Gasteiger partial charge in [-0.15, -0.1) is 0 Å². The molecule has 0 aliphatic carbocycles. The van der Waals surface area contributed by atoms with Crippen LogP contribution in [0.1, 0.15) is 53.4 Å². The van der Waals surface area contributed by atoms with E-state index in [1.165, 1.54) is 22.5 Å². The predicted octanol–water partition coefficient (Wildman–Crippen LogP) is 1.56. The molecule has 1 aliphatic rings. The van der Waals surface area contributed by atoms with Crippen molar-refractivity contribution in [2.45, 2.75) is 40.0 Å². The van der Waals surface area contributed by atoms with E-state index in [4.69, 9.17) is 0 Å². The summed E-state index contributed by atoms with van der Waals surface area (Å²) < 4.78 is 2.22. The van der Waals surface area contributed by atoms with Crippen molar-refractivity contribution in [1.82, 2.24) is 0 Å². The van der Waals surface area contributed by atoms with Crippen molar-refractivity contribution in [3.8, 4) is 0 Å². The topological polar surface area (TPSA) is 20.1 Å². The number of carbonyl (C=O) groups excluding carboxylic acids is 1. The van der Waals surface area contributed by atoms with Crippen molar-refractivity contribution >= 4 is 17.2 Å². The summed E-state index contributed by atoms with van der Waals surface area (Å²) in [6.45, 7) is 10.7. The Morgan fingerprint density at radius 1 is 0.917 bits per heavy atom. The van der Waals surface area contributed by atoms with E-state index in [9.17, 15) is 4.79 Å². The van der Waals surface area contributed by atoms with Gasteiger partial charge >= 0.3 is 0 Å². The van der Waals surface area contributed by atoms with E-state index in [0.29, 0.717) is 0 Å². The Morgan fingerprint density at radius 3 is 2.12 bits per heavy atom. The minimum atomic E-state index is -0.0381. The number of halogens is 1. The highest BCUT2D eigenvalue weighted by Gasteiger charge is 2.41. The van der Waals surface area contributed by atoms with Crippen molar-refractivity contribution in [3.05, 3.63) is 64.2 Å². The fourth-order valence-corrected chi connectivity index (χ4v) is 3.31. The number of ketones is 1. The lowest BCUT2D eigenvalue weighted by molar-refractivity contribution is -0.403. The quantitative estimate of drug-likeness (QED) is 0.400. The van der Waals surface area contributed by atoms with Crippen LogP contribution in [-0.4, -0.2) is 23.1 Å². The number of carbonyl (C=O) groups is 1. The van der Waals surface area contributed by atoms with Crippen molar-refractivity contribution in [1.29, 1.82) is 0 Å². The van der Waals surface area contributed by atoms with Crippen LogP contribution in [0.2, 0.25) is 0 Å². The fourth-order valence-electron chi connectivity index (χ4n) is 3.31. The van der Waals surface area contributed by atoms with E-state index in [-0.39, 0.29) is 35.2 Å². The number of hydrogen-bond donors (Lipinski definition) is 0. The second-order valence-electron chi connectivity index (χ2n) is 7.13. The molecule has 126 valence electrons. The second-order valence-corrected chi connectivity index (χ2v) is 7.13. The van der Waals surface area contributed by atoms with Crippen LogP contribution in [-0.2, 0) is 5.41 Å². The summed E-state index contributed by atoms with van der Waals surface area (Å²) in [7, 11) is 2.09. The molecule has 0 saturated carbocycles. The van der Waals surface area contributed by atoms with Gasteiger partial charge in [-0.1, -0.05) is 12.1 Å². The van der Waals surface area contributed by atoms with Gasteiger partial charge in [-0.25, -0.2) is 4.58 Å². The molecule has 0 fully saturated rings. The molecule has 0 radical (unpaired) electrons. The maximum Gasteiger partial charge on any atom is 0.209 e. The predicted molar refractivity (Wildman–Crippen MR) is 95.3 cm³/mol. The Labute approximate surface area is 161 Å². The Hall–Kier alpha value is -1.49. The van der Waals surface area contributed by atoms with Crippen LogP contribution in [0.5, 0.6) is 0 Å². The Balaban J connectivity index is 0.00000208. The summed E-state index contributed by atoms with van der Waals surface area (Å²) in [6.07, 6.45) is 0. The first-order chi connectivity index (χ1) is 10.7. The average Bonchev–Trinajstić information content (AvgIpc) is 2.70. The monoisotopic (exact) mass is 433 g/mol. The lowest BCUT2D eigenvalue weighted by Gasteiger charge is -2.15. The van der Waals surface area contributed by atoms with E-state index < -0.39 is 0 Å². The number of rotatable bonds is 2. The number of aryl methyl sites for hydroxylation is 2. The van der Waals surface area contributed by atoms with E-state index >= 15 is 0 Å². The zero-order valence-corrected chi connectivity index (χ0v) is 17.4. The minimum absolute atomic E-state index is 0. The summed E-state index contributed by atoms with van der Waals surface area (Å²) in [5.74, 6) is 0.0962. The summed E-state index contributed by atoms with van der Waals surface area (Å²) in [6, 6.07) is 12.0.